The van der Waals surface area contributed by atoms with Gasteiger partial charge in [-0.3, -0.25) is 9.79 Å². The second kappa shape index (κ2) is 8.35. The van der Waals surface area contributed by atoms with Crippen molar-refractivity contribution in [3.63, 3.8) is 0 Å². The highest BCUT2D eigenvalue weighted by atomic mass is 32.3. The molecule has 7 nitrogen and oxygen atoms in total. The molecule has 3 rings (SSSR count). The summed E-state index contributed by atoms with van der Waals surface area (Å²) in [5, 5.41) is 18.3. The Morgan fingerprint density at radius 2 is 1.67 bits per heavy atom. The molecule has 1 amide bonds. The van der Waals surface area contributed by atoms with E-state index in [2.05, 4.69) is 15.9 Å². The van der Waals surface area contributed by atoms with Crippen LogP contribution in [0.3, 0.4) is 0 Å². The zero-order chi connectivity index (χ0) is 22.1. The maximum Gasteiger partial charge on any atom is 0.274 e. The normalized spacial score (nSPS) is 14.6. The number of para-hydroxylation sites is 2. The molecule has 0 radical (unpaired) electrons. The van der Waals surface area contributed by atoms with Crippen LogP contribution in [0.5, 0.6) is 0 Å². The number of benzene rings is 2. The molecule has 1 unspecified atom stereocenters. The van der Waals surface area contributed by atoms with E-state index in [0.717, 1.165) is 33.6 Å². The second-order valence-electron chi connectivity index (χ2n) is 7.24. The third kappa shape index (κ3) is 4.49. The minimum atomic E-state index is -3.55. The summed E-state index contributed by atoms with van der Waals surface area (Å²) in [6, 6.07) is 15.5. The molecule has 0 fully saturated rings. The minimum absolute atomic E-state index is 0.0409. The smallest absolute Gasteiger partial charge is 0.274 e. The number of rotatable bonds is 5. The van der Waals surface area contributed by atoms with Crippen LogP contribution in [0.15, 0.2) is 68.7 Å². The van der Waals surface area contributed by atoms with Crippen molar-refractivity contribution in [3.05, 3.63) is 59.3 Å². The molecule has 1 aromatic heterocycles. The number of nitrogens with zero attached hydrogens (tertiary/aromatic N) is 3. The van der Waals surface area contributed by atoms with Gasteiger partial charge in [0, 0.05) is 28.9 Å². The fourth-order valence-corrected chi connectivity index (χ4v) is 5.00. The zero-order valence-corrected chi connectivity index (χ0v) is 18.7. The predicted octanol–water partition coefficient (Wildman–Crippen LogP) is 3.67. The molecule has 0 aliphatic rings. The van der Waals surface area contributed by atoms with Crippen molar-refractivity contribution >= 4 is 54.4 Å². The van der Waals surface area contributed by atoms with Crippen LogP contribution in [0, 0.1) is 0 Å². The molecule has 1 heterocycles. The van der Waals surface area contributed by atoms with Crippen LogP contribution in [-0.4, -0.2) is 37.5 Å². The van der Waals surface area contributed by atoms with Gasteiger partial charge in [-0.1, -0.05) is 54.7 Å². The van der Waals surface area contributed by atoms with Crippen molar-refractivity contribution in [3.8, 4) is 0 Å². The maximum atomic E-state index is 12.9. The topological polar surface area (TPSA) is 110 Å². The summed E-state index contributed by atoms with van der Waals surface area (Å²) in [6.45, 7) is 6.67. The Kier molecular flexibility index (Phi) is 6.19. The fraction of sp³-hybridized carbons (Fsp3) is 0.238. The number of fused-ring (bicyclic) bond motifs is 3. The standard InChI is InChI=1S/C21H24N4O3S2/c1-14(29-20(23-4)21(2,3)27)30(22,28)24-19(26)13-25-17-11-7-5-9-15(17)16-10-6-8-12-18(16)25/h5-12,27H,1,13H2,2-4H3,(H2,22,24,26,28). The van der Waals surface area contributed by atoms with E-state index in [1.165, 1.54) is 7.05 Å². The molecule has 0 saturated heterocycles. The van der Waals surface area contributed by atoms with E-state index < -0.39 is 21.4 Å². The Bertz CT molecular complexity index is 1240. The van der Waals surface area contributed by atoms with Crippen molar-refractivity contribution < 1.29 is 14.1 Å². The number of thioether (sulfide) groups is 1. The minimum Gasteiger partial charge on any atom is -0.384 e. The largest absolute Gasteiger partial charge is 0.384 e. The summed E-state index contributed by atoms with van der Waals surface area (Å²) >= 11 is 0.866. The molecule has 0 spiro atoms. The van der Waals surface area contributed by atoms with E-state index in [-0.39, 0.29) is 15.8 Å². The first-order chi connectivity index (χ1) is 14.0. The first-order valence-electron chi connectivity index (χ1n) is 9.14. The van der Waals surface area contributed by atoms with Gasteiger partial charge in [0.15, 0.2) is 0 Å². The van der Waals surface area contributed by atoms with Gasteiger partial charge in [0.2, 0.25) is 0 Å². The summed E-state index contributed by atoms with van der Waals surface area (Å²) in [6.07, 6.45) is 0. The molecule has 1 atom stereocenters. The average molecular weight is 445 g/mol. The van der Waals surface area contributed by atoms with Gasteiger partial charge >= 0.3 is 0 Å². The van der Waals surface area contributed by atoms with Crippen LogP contribution in [-0.2, 0) is 21.3 Å². The number of aromatic nitrogens is 1. The molecule has 9 heteroatoms. The molecule has 3 aromatic rings. The third-order valence-corrected chi connectivity index (χ3v) is 7.67. The summed E-state index contributed by atoms with van der Waals surface area (Å²) in [4.78, 5) is 16.7. The lowest BCUT2D eigenvalue weighted by Gasteiger charge is -2.20. The van der Waals surface area contributed by atoms with E-state index in [0.29, 0.717) is 0 Å². The first-order valence-corrected chi connectivity index (χ1v) is 11.5. The van der Waals surface area contributed by atoms with Crippen LogP contribution in [0.25, 0.3) is 21.8 Å². The van der Waals surface area contributed by atoms with Crippen LogP contribution >= 0.6 is 11.8 Å². The number of aliphatic imine (C=N–C) groups is 1. The lowest BCUT2D eigenvalue weighted by Crippen LogP contribution is -2.29. The van der Waals surface area contributed by atoms with Gasteiger partial charge in [0.05, 0.1) is 4.24 Å². The van der Waals surface area contributed by atoms with Crippen LogP contribution < -0.4 is 5.14 Å². The molecule has 0 aliphatic heterocycles. The molecular formula is C21H24N4O3S2. The van der Waals surface area contributed by atoms with Crippen molar-refractivity contribution in [2.24, 2.45) is 14.5 Å². The van der Waals surface area contributed by atoms with E-state index in [4.69, 9.17) is 5.14 Å². The summed E-state index contributed by atoms with van der Waals surface area (Å²) in [5.74, 6) is -0.631. The zero-order valence-electron chi connectivity index (χ0n) is 17.0. The molecule has 30 heavy (non-hydrogen) atoms. The summed E-state index contributed by atoms with van der Waals surface area (Å²) in [7, 11) is -2.05. The number of hydrogen-bond acceptors (Lipinski definition) is 5. The summed E-state index contributed by atoms with van der Waals surface area (Å²) < 4.78 is 18.4. The van der Waals surface area contributed by atoms with E-state index in [9.17, 15) is 14.1 Å². The monoisotopic (exact) mass is 444 g/mol. The molecule has 0 saturated carbocycles. The second-order valence-corrected chi connectivity index (χ2v) is 10.4. The average Bonchev–Trinajstić information content (AvgIpc) is 2.98. The molecule has 158 valence electrons. The summed E-state index contributed by atoms with van der Waals surface area (Å²) in [5.41, 5.74) is 0.494. The highest BCUT2D eigenvalue weighted by Crippen LogP contribution is 2.29. The molecule has 0 bridgehead atoms. The van der Waals surface area contributed by atoms with Crippen molar-refractivity contribution in [2.45, 2.75) is 26.0 Å². The number of aliphatic hydroxyl groups is 1. The number of carbonyl (C=O) groups is 1. The van der Waals surface area contributed by atoms with E-state index in [1.807, 2.05) is 53.1 Å². The number of carbonyl (C=O) groups excluding carboxylic acids is 1. The van der Waals surface area contributed by atoms with E-state index in [1.54, 1.807) is 13.8 Å². The van der Waals surface area contributed by atoms with Crippen LogP contribution in [0.1, 0.15) is 13.8 Å². The Balaban J connectivity index is 1.93. The third-order valence-electron chi connectivity index (χ3n) is 4.47. The highest BCUT2D eigenvalue weighted by Gasteiger charge is 2.25. The maximum absolute atomic E-state index is 12.9. The van der Waals surface area contributed by atoms with Crippen molar-refractivity contribution in [1.29, 1.82) is 0 Å². The lowest BCUT2D eigenvalue weighted by atomic mass is 10.2. The number of amides is 1. The molecular weight excluding hydrogens is 420 g/mol. The van der Waals surface area contributed by atoms with Crippen LogP contribution in [0.4, 0.5) is 0 Å². The highest BCUT2D eigenvalue weighted by molar-refractivity contribution is 8.27. The molecule has 0 aliphatic carbocycles. The van der Waals surface area contributed by atoms with Gasteiger partial charge in [0.25, 0.3) is 5.91 Å². The predicted molar refractivity (Wildman–Crippen MR) is 126 cm³/mol. The Morgan fingerprint density at radius 3 is 2.13 bits per heavy atom. The van der Waals surface area contributed by atoms with Crippen LogP contribution in [0.2, 0.25) is 0 Å². The fourth-order valence-electron chi connectivity index (χ4n) is 3.15. The van der Waals surface area contributed by atoms with Crippen molar-refractivity contribution in [2.75, 3.05) is 7.05 Å². The first kappa shape index (κ1) is 22.2. The van der Waals surface area contributed by atoms with Gasteiger partial charge in [-0.05, 0) is 26.0 Å². The van der Waals surface area contributed by atoms with Gasteiger partial charge < -0.3 is 9.67 Å². The number of hydrogen-bond donors (Lipinski definition) is 2. The SMILES string of the molecule is C=C(SC(=NC)C(C)(C)O)S(N)(=O)=NC(=O)Cn1c2ccccc2c2ccccc21. The van der Waals surface area contributed by atoms with Gasteiger partial charge in [-0.15, -0.1) is 4.36 Å². The van der Waals surface area contributed by atoms with Gasteiger partial charge in [-0.2, -0.15) is 0 Å². The quantitative estimate of drug-likeness (QED) is 0.462. The Hall–Kier alpha value is -2.46. The Labute approximate surface area is 180 Å². The number of nitrogens with two attached hydrogens (primary N) is 1. The van der Waals surface area contributed by atoms with Gasteiger partial charge in [0.1, 0.15) is 27.1 Å². The van der Waals surface area contributed by atoms with Gasteiger partial charge in [-0.25, -0.2) is 9.35 Å². The molecule has 3 N–H and O–H groups in total. The lowest BCUT2D eigenvalue weighted by molar-refractivity contribution is -0.118. The molecule has 2 aromatic carbocycles. The van der Waals surface area contributed by atoms with Crippen molar-refractivity contribution in [1.82, 2.24) is 4.57 Å². The van der Waals surface area contributed by atoms with E-state index >= 15 is 0 Å². The Morgan fingerprint density at radius 1 is 1.17 bits per heavy atom.